The van der Waals surface area contributed by atoms with E-state index in [1.165, 1.54) is 16.9 Å². The number of benzene rings is 3. The van der Waals surface area contributed by atoms with Crippen LogP contribution in [0.2, 0.25) is 0 Å². The van der Waals surface area contributed by atoms with Crippen LogP contribution in [0.5, 0.6) is 5.75 Å². The summed E-state index contributed by atoms with van der Waals surface area (Å²) in [4.78, 5) is 4.83. The van der Waals surface area contributed by atoms with Gasteiger partial charge in [0.2, 0.25) is 0 Å². The maximum Gasteiger partial charge on any atom is 0.128 e. The monoisotopic (exact) mass is 348 g/mol. The van der Waals surface area contributed by atoms with Gasteiger partial charge < -0.3 is 20.0 Å². The molecule has 0 spiro atoms. The molecule has 4 rings (SSSR count). The van der Waals surface area contributed by atoms with Gasteiger partial charge in [0.1, 0.15) is 11.9 Å². The van der Waals surface area contributed by atoms with Crippen molar-refractivity contribution in [2.24, 2.45) is 0 Å². The van der Waals surface area contributed by atoms with Crippen molar-refractivity contribution in [1.82, 2.24) is 0 Å². The van der Waals surface area contributed by atoms with Crippen molar-refractivity contribution in [1.29, 1.82) is 0 Å². The molecule has 0 aliphatic carbocycles. The van der Waals surface area contributed by atoms with Crippen molar-refractivity contribution < 1.29 is 10.2 Å². The van der Waals surface area contributed by atoms with E-state index in [1.54, 1.807) is 12.1 Å². The Morgan fingerprint density at radius 1 is 0.654 bits per heavy atom. The first-order valence-electron chi connectivity index (χ1n) is 8.70. The largest absolute Gasteiger partial charge is 0.508 e. The second kappa shape index (κ2) is 8.41. The average molecular weight is 348 g/mol. The summed E-state index contributed by atoms with van der Waals surface area (Å²) >= 11 is 0. The van der Waals surface area contributed by atoms with Crippen molar-refractivity contribution in [3.8, 4) is 5.75 Å². The van der Waals surface area contributed by atoms with Crippen LogP contribution in [0.25, 0.3) is 0 Å². The van der Waals surface area contributed by atoms with E-state index in [0.29, 0.717) is 5.75 Å². The Morgan fingerprint density at radius 3 is 1.50 bits per heavy atom. The summed E-state index contributed by atoms with van der Waals surface area (Å²) in [5.41, 5.74) is 3.61. The Labute approximate surface area is 154 Å². The van der Waals surface area contributed by atoms with Gasteiger partial charge in [0.05, 0.1) is 0 Å². The summed E-state index contributed by atoms with van der Waals surface area (Å²) in [6, 6.07) is 28.6. The first-order chi connectivity index (χ1) is 12.8. The Kier molecular flexibility index (Phi) is 5.77. The van der Waals surface area contributed by atoms with Crippen LogP contribution < -0.4 is 9.80 Å². The first-order valence-corrected chi connectivity index (χ1v) is 8.70. The van der Waals surface area contributed by atoms with Crippen LogP contribution in [0.4, 0.5) is 11.4 Å². The molecule has 0 radical (unpaired) electrons. The average Bonchev–Trinajstić information content (AvgIpc) is 3.16. The zero-order chi connectivity index (χ0) is 18.4. The Bertz CT molecular complexity index is 744. The van der Waals surface area contributed by atoms with E-state index in [9.17, 15) is 5.11 Å². The quantitative estimate of drug-likeness (QED) is 0.750. The molecular weight excluding hydrogens is 324 g/mol. The van der Waals surface area contributed by atoms with Gasteiger partial charge in [-0.05, 0) is 42.0 Å². The van der Waals surface area contributed by atoms with E-state index in [-0.39, 0.29) is 6.17 Å². The molecule has 0 atom stereocenters. The number of hydrogen-bond donors (Lipinski definition) is 2. The lowest BCUT2D eigenvalue weighted by Gasteiger charge is -2.33. The molecule has 3 aromatic rings. The molecule has 0 saturated carbocycles. The first kappa shape index (κ1) is 17.8. The second-order valence-electron chi connectivity index (χ2n) is 6.02. The van der Waals surface area contributed by atoms with Crippen molar-refractivity contribution in [2.75, 3.05) is 30.0 Å². The highest BCUT2D eigenvalue weighted by Crippen LogP contribution is 2.37. The number of rotatable bonds is 3. The highest BCUT2D eigenvalue weighted by atomic mass is 16.3. The minimum absolute atomic E-state index is 0.121. The molecule has 2 N–H and O–H groups in total. The van der Waals surface area contributed by atoms with Crippen LogP contribution in [0.15, 0.2) is 84.9 Å². The van der Waals surface area contributed by atoms with E-state index in [4.69, 9.17) is 5.11 Å². The fourth-order valence-electron chi connectivity index (χ4n) is 3.41. The molecule has 1 aliphatic rings. The maximum absolute atomic E-state index is 9.64. The second-order valence-corrected chi connectivity index (χ2v) is 6.02. The van der Waals surface area contributed by atoms with Gasteiger partial charge in [0.15, 0.2) is 0 Å². The predicted molar refractivity (Wildman–Crippen MR) is 107 cm³/mol. The van der Waals surface area contributed by atoms with Gasteiger partial charge in [-0.15, -0.1) is 0 Å². The van der Waals surface area contributed by atoms with E-state index < -0.39 is 0 Å². The molecule has 1 saturated heterocycles. The highest BCUT2D eigenvalue weighted by Gasteiger charge is 2.33. The number of hydrogen-bond acceptors (Lipinski definition) is 4. The molecule has 0 unspecified atom stereocenters. The van der Waals surface area contributed by atoms with Gasteiger partial charge in [-0.3, -0.25) is 0 Å². The number of para-hydroxylation sites is 2. The summed E-state index contributed by atoms with van der Waals surface area (Å²) in [5.74, 6) is 0.300. The van der Waals surface area contributed by atoms with Crippen molar-refractivity contribution in [2.45, 2.75) is 6.17 Å². The van der Waals surface area contributed by atoms with Crippen LogP contribution in [0, 0.1) is 0 Å². The van der Waals surface area contributed by atoms with Crippen LogP contribution in [-0.2, 0) is 0 Å². The maximum atomic E-state index is 9.64. The molecule has 26 heavy (non-hydrogen) atoms. The lowest BCUT2D eigenvalue weighted by molar-refractivity contribution is 0.399. The number of phenols is 1. The lowest BCUT2D eigenvalue weighted by Crippen LogP contribution is -2.30. The van der Waals surface area contributed by atoms with Gasteiger partial charge in [0.25, 0.3) is 0 Å². The molecule has 4 heteroatoms. The topological polar surface area (TPSA) is 46.9 Å². The minimum Gasteiger partial charge on any atom is -0.508 e. The van der Waals surface area contributed by atoms with Crippen LogP contribution >= 0.6 is 0 Å². The fraction of sp³-hybridized carbons (Fsp3) is 0.182. The molecule has 1 aliphatic heterocycles. The normalized spacial score (nSPS) is 14.1. The number of aromatic hydroxyl groups is 1. The highest BCUT2D eigenvalue weighted by molar-refractivity contribution is 5.59. The fourth-order valence-corrected chi connectivity index (χ4v) is 3.41. The molecule has 134 valence electrons. The van der Waals surface area contributed by atoms with Crippen LogP contribution in [0.1, 0.15) is 11.7 Å². The van der Waals surface area contributed by atoms with Gasteiger partial charge in [-0.2, -0.15) is 0 Å². The lowest BCUT2D eigenvalue weighted by atomic mass is 10.1. The third-order valence-electron chi connectivity index (χ3n) is 4.54. The Balaban J connectivity index is 0.000000948. The summed E-state index contributed by atoms with van der Waals surface area (Å²) in [6.07, 6.45) is 0.121. The van der Waals surface area contributed by atoms with Crippen LogP contribution in [-0.4, -0.2) is 30.4 Å². The Morgan fingerprint density at radius 2 is 1.08 bits per heavy atom. The van der Waals surface area contributed by atoms with E-state index in [0.717, 1.165) is 20.2 Å². The standard InChI is InChI=1S/C21H20N2O.CH4O/c24-20-13-11-17(12-14-20)21-22(18-7-3-1-4-8-18)15-16-23(21)19-9-5-2-6-10-19;1-2/h1-14,21,24H,15-16H2;2H,1H3. The molecular formula is C22H24N2O2. The molecule has 0 bridgehead atoms. The predicted octanol–water partition coefficient (Wildman–Crippen LogP) is 4.03. The van der Waals surface area contributed by atoms with Gasteiger partial charge in [-0.1, -0.05) is 48.5 Å². The molecule has 0 aromatic heterocycles. The van der Waals surface area contributed by atoms with E-state index in [1.807, 2.05) is 24.3 Å². The number of anilines is 2. The van der Waals surface area contributed by atoms with Gasteiger partial charge in [0, 0.05) is 31.6 Å². The minimum atomic E-state index is 0.121. The number of aliphatic hydroxyl groups excluding tert-OH is 1. The SMILES string of the molecule is CO.Oc1ccc(C2N(c3ccccc3)CCN2c2ccccc2)cc1. The van der Waals surface area contributed by atoms with Crippen molar-refractivity contribution >= 4 is 11.4 Å². The van der Waals surface area contributed by atoms with Crippen molar-refractivity contribution in [3.63, 3.8) is 0 Å². The number of nitrogens with zero attached hydrogens (tertiary/aromatic N) is 2. The summed E-state index contributed by atoms with van der Waals surface area (Å²) in [5, 5.41) is 16.6. The van der Waals surface area contributed by atoms with Gasteiger partial charge in [-0.25, -0.2) is 0 Å². The molecule has 1 heterocycles. The molecule has 0 amide bonds. The van der Waals surface area contributed by atoms with E-state index >= 15 is 0 Å². The smallest absolute Gasteiger partial charge is 0.128 e. The zero-order valence-electron chi connectivity index (χ0n) is 14.9. The Hall–Kier alpha value is -2.98. The molecule has 1 fully saturated rings. The third kappa shape index (κ3) is 3.65. The molecule has 4 nitrogen and oxygen atoms in total. The third-order valence-corrected chi connectivity index (χ3v) is 4.54. The van der Waals surface area contributed by atoms with Crippen LogP contribution in [0.3, 0.4) is 0 Å². The zero-order valence-corrected chi connectivity index (χ0v) is 14.9. The molecule has 3 aromatic carbocycles. The number of aliphatic hydroxyl groups is 1. The van der Waals surface area contributed by atoms with E-state index in [2.05, 4.69) is 58.3 Å². The summed E-state index contributed by atoms with van der Waals surface area (Å²) < 4.78 is 0. The van der Waals surface area contributed by atoms with Gasteiger partial charge >= 0.3 is 0 Å². The summed E-state index contributed by atoms with van der Waals surface area (Å²) in [7, 11) is 1.00. The van der Waals surface area contributed by atoms with Crippen molar-refractivity contribution in [3.05, 3.63) is 90.5 Å². The number of phenolic OH excluding ortho intramolecular Hbond substituents is 1. The summed E-state index contributed by atoms with van der Waals surface area (Å²) in [6.45, 7) is 1.93.